The van der Waals surface area contributed by atoms with Crippen LogP contribution in [0, 0.1) is 0 Å². The van der Waals surface area contributed by atoms with Gasteiger partial charge >= 0.3 is 0 Å². The Morgan fingerprint density at radius 3 is 2.45 bits per heavy atom. The summed E-state index contributed by atoms with van der Waals surface area (Å²) >= 11 is 5.84. The van der Waals surface area contributed by atoms with E-state index in [4.69, 9.17) is 16.3 Å². The summed E-state index contributed by atoms with van der Waals surface area (Å²) in [6, 6.07) is 17.4. The third kappa shape index (κ3) is 5.51. The van der Waals surface area contributed by atoms with Crippen LogP contribution in [0.3, 0.4) is 0 Å². The number of rotatable bonds is 7. The van der Waals surface area contributed by atoms with E-state index in [2.05, 4.69) is 5.32 Å². The Labute approximate surface area is 136 Å². The lowest BCUT2D eigenvalue weighted by molar-refractivity contribution is -0.132. The molecular formula is C18H20ClNO2. The van der Waals surface area contributed by atoms with E-state index in [1.54, 1.807) is 6.92 Å². The maximum Gasteiger partial charge on any atom is 0.248 e. The quantitative estimate of drug-likeness (QED) is 0.847. The number of amides is 1. The first kappa shape index (κ1) is 16.5. The number of carbonyl (C=O) groups is 1. The molecule has 0 spiro atoms. The van der Waals surface area contributed by atoms with Gasteiger partial charge in [0.2, 0.25) is 5.91 Å². The summed E-state index contributed by atoms with van der Waals surface area (Å²) < 4.78 is 5.58. The van der Waals surface area contributed by atoms with Crippen molar-refractivity contribution in [2.45, 2.75) is 26.1 Å². The van der Waals surface area contributed by atoms with Gasteiger partial charge < -0.3 is 10.1 Å². The lowest BCUT2D eigenvalue weighted by atomic mass is 10.1. The maximum absolute atomic E-state index is 12.0. The zero-order valence-corrected chi connectivity index (χ0v) is 13.3. The van der Waals surface area contributed by atoms with Gasteiger partial charge in [-0.1, -0.05) is 54.1 Å². The Kier molecular flexibility index (Phi) is 6.44. The molecule has 0 saturated carbocycles. The van der Waals surface area contributed by atoms with E-state index in [-0.39, 0.29) is 5.91 Å². The van der Waals surface area contributed by atoms with Gasteiger partial charge in [-0.25, -0.2) is 0 Å². The predicted molar refractivity (Wildman–Crippen MR) is 88.9 cm³/mol. The molecule has 0 fully saturated rings. The van der Waals surface area contributed by atoms with Crippen molar-refractivity contribution in [3.05, 3.63) is 70.7 Å². The van der Waals surface area contributed by atoms with Crippen LogP contribution in [0.1, 0.15) is 18.1 Å². The maximum atomic E-state index is 12.0. The Hall–Kier alpha value is -1.84. The lowest BCUT2D eigenvalue weighted by Gasteiger charge is -2.13. The van der Waals surface area contributed by atoms with Crippen LogP contribution >= 0.6 is 11.6 Å². The fourth-order valence-electron chi connectivity index (χ4n) is 2.00. The molecule has 0 bridgehead atoms. The SMILES string of the molecule is CC(OCc1ccccc1)C(=O)NCCc1ccc(Cl)cc1. The van der Waals surface area contributed by atoms with Crippen LogP contribution in [0.15, 0.2) is 54.6 Å². The number of hydrogen-bond donors (Lipinski definition) is 1. The number of nitrogens with one attached hydrogen (secondary N) is 1. The van der Waals surface area contributed by atoms with E-state index in [0.29, 0.717) is 13.2 Å². The van der Waals surface area contributed by atoms with Crippen LogP contribution in [0.4, 0.5) is 0 Å². The second-order valence-corrected chi connectivity index (χ2v) is 5.54. The summed E-state index contributed by atoms with van der Waals surface area (Å²) in [7, 11) is 0. The van der Waals surface area contributed by atoms with Gasteiger partial charge in [-0.05, 0) is 36.6 Å². The van der Waals surface area contributed by atoms with Gasteiger partial charge in [0.25, 0.3) is 0 Å². The van der Waals surface area contributed by atoms with E-state index in [0.717, 1.165) is 22.6 Å². The minimum absolute atomic E-state index is 0.0927. The van der Waals surface area contributed by atoms with Gasteiger partial charge in [0.05, 0.1) is 6.61 Å². The second-order valence-electron chi connectivity index (χ2n) is 5.11. The topological polar surface area (TPSA) is 38.3 Å². The highest BCUT2D eigenvalue weighted by molar-refractivity contribution is 6.30. The summed E-state index contributed by atoms with van der Waals surface area (Å²) in [5.74, 6) is -0.0927. The fraction of sp³-hybridized carbons (Fsp3) is 0.278. The van der Waals surface area contributed by atoms with Crippen molar-refractivity contribution in [1.82, 2.24) is 5.32 Å². The van der Waals surface area contributed by atoms with E-state index in [1.165, 1.54) is 0 Å². The first-order chi connectivity index (χ1) is 10.6. The molecule has 0 aliphatic heterocycles. The number of hydrogen-bond acceptors (Lipinski definition) is 2. The van der Waals surface area contributed by atoms with Crippen LogP contribution in [0.5, 0.6) is 0 Å². The Bertz CT molecular complexity index is 584. The Morgan fingerprint density at radius 2 is 1.77 bits per heavy atom. The molecule has 2 aromatic rings. The second kappa shape index (κ2) is 8.57. The van der Waals surface area contributed by atoms with Crippen LogP contribution in [-0.2, 0) is 22.6 Å². The molecule has 22 heavy (non-hydrogen) atoms. The zero-order valence-electron chi connectivity index (χ0n) is 12.6. The van der Waals surface area contributed by atoms with Crippen molar-refractivity contribution in [2.24, 2.45) is 0 Å². The molecule has 0 aliphatic carbocycles. The highest BCUT2D eigenvalue weighted by Crippen LogP contribution is 2.09. The Morgan fingerprint density at radius 1 is 1.09 bits per heavy atom. The normalized spacial score (nSPS) is 11.9. The van der Waals surface area contributed by atoms with E-state index < -0.39 is 6.10 Å². The van der Waals surface area contributed by atoms with Crippen molar-refractivity contribution in [3.63, 3.8) is 0 Å². The first-order valence-corrected chi connectivity index (χ1v) is 7.70. The molecule has 2 rings (SSSR count). The molecule has 1 atom stereocenters. The summed E-state index contributed by atoms with van der Waals surface area (Å²) in [6.45, 7) is 2.78. The van der Waals surface area contributed by atoms with E-state index >= 15 is 0 Å². The smallest absolute Gasteiger partial charge is 0.248 e. The van der Waals surface area contributed by atoms with Crippen LogP contribution in [0.25, 0.3) is 0 Å². The van der Waals surface area contributed by atoms with E-state index in [1.807, 2.05) is 54.6 Å². The summed E-state index contributed by atoms with van der Waals surface area (Å²) in [5, 5.41) is 3.60. The molecule has 1 amide bonds. The van der Waals surface area contributed by atoms with Crippen molar-refractivity contribution in [2.75, 3.05) is 6.54 Å². The molecule has 2 aromatic carbocycles. The first-order valence-electron chi connectivity index (χ1n) is 7.33. The molecule has 1 unspecified atom stereocenters. The third-order valence-electron chi connectivity index (χ3n) is 3.34. The highest BCUT2D eigenvalue weighted by Gasteiger charge is 2.12. The van der Waals surface area contributed by atoms with Crippen molar-refractivity contribution in [1.29, 1.82) is 0 Å². The average Bonchev–Trinajstić information content (AvgIpc) is 2.55. The van der Waals surface area contributed by atoms with E-state index in [9.17, 15) is 4.79 Å². The Balaban J connectivity index is 1.69. The molecule has 0 aromatic heterocycles. The third-order valence-corrected chi connectivity index (χ3v) is 3.59. The average molecular weight is 318 g/mol. The summed E-state index contributed by atoms with van der Waals surface area (Å²) in [4.78, 5) is 12.0. The van der Waals surface area contributed by atoms with Crippen molar-refractivity contribution in [3.8, 4) is 0 Å². The van der Waals surface area contributed by atoms with Crippen molar-refractivity contribution >= 4 is 17.5 Å². The van der Waals surface area contributed by atoms with Crippen LogP contribution in [-0.4, -0.2) is 18.6 Å². The number of ether oxygens (including phenoxy) is 1. The largest absolute Gasteiger partial charge is 0.364 e. The van der Waals surface area contributed by atoms with Crippen molar-refractivity contribution < 1.29 is 9.53 Å². The zero-order chi connectivity index (χ0) is 15.8. The molecule has 0 aliphatic rings. The van der Waals surface area contributed by atoms with Gasteiger partial charge in [0.15, 0.2) is 0 Å². The summed E-state index contributed by atoms with van der Waals surface area (Å²) in [6.07, 6.45) is 0.305. The van der Waals surface area contributed by atoms with Gasteiger partial charge in [-0.3, -0.25) is 4.79 Å². The molecule has 1 N–H and O–H groups in total. The molecule has 4 heteroatoms. The van der Waals surface area contributed by atoms with Gasteiger partial charge in [0.1, 0.15) is 6.10 Å². The fourth-order valence-corrected chi connectivity index (χ4v) is 2.12. The van der Waals surface area contributed by atoms with Crippen LogP contribution in [0.2, 0.25) is 5.02 Å². The predicted octanol–water partition coefficient (Wildman–Crippen LogP) is 3.60. The van der Waals surface area contributed by atoms with Gasteiger partial charge in [0, 0.05) is 11.6 Å². The summed E-state index contributed by atoms with van der Waals surface area (Å²) in [5.41, 5.74) is 2.20. The highest BCUT2D eigenvalue weighted by atomic mass is 35.5. The van der Waals surface area contributed by atoms with Crippen LogP contribution < -0.4 is 5.32 Å². The monoisotopic (exact) mass is 317 g/mol. The standard InChI is InChI=1S/C18H20ClNO2/c1-14(22-13-16-5-3-2-4-6-16)18(21)20-12-11-15-7-9-17(19)10-8-15/h2-10,14H,11-13H2,1H3,(H,20,21). The number of benzene rings is 2. The molecule has 0 heterocycles. The number of halogens is 1. The number of carbonyl (C=O) groups excluding carboxylic acids is 1. The molecule has 0 radical (unpaired) electrons. The molecule has 3 nitrogen and oxygen atoms in total. The van der Waals surface area contributed by atoms with Gasteiger partial charge in [-0.2, -0.15) is 0 Å². The molecule has 116 valence electrons. The molecule has 0 saturated heterocycles. The minimum Gasteiger partial charge on any atom is -0.364 e. The lowest BCUT2D eigenvalue weighted by Crippen LogP contribution is -2.35. The molecular weight excluding hydrogens is 298 g/mol. The minimum atomic E-state index is -0.467. The van der Waals surface area contributed by atoms with Gasteiger partial charge in [-0.15, -0.1) is 0 Å².